The lowest BCUT2D eigenvalue weighted by atomic mass is 9.83. The lowest BCUT2D eigenvalue weighted by Gasteiger charge is -2.26. The van der Waals surface area contributed by atoms with Gasteiger partial charge < -0.3 is 0 Å². The Hall–Kier alpha value is -1.42. The van der Waals surface area contributed by atoms with Crippen LogP contribution in [0.5, 0.6) is 0 Å². The van der Waals surface area contributed by atoms with E-state index in [4.69, 9.17) is 0 Å². The summed E-state index contributed by atoms with van der Waals surface area (Å²) >= 11 is 0. The van der Waals surface area contributed by atoms with Gasteiger partial charge in [0, 0.05) is 14.1 Å². The molecule has 0 aliphatic heterocycles. The van der Waals surface area contributed by atoms with Crippen LogP contribution in [-0.4, -0.2) is 25.0 Å². The van der Waals surface area contributed by atoms with E-state index in [1.807, 2.05) is 13.8 Å². The first-order chi connectivity index (χ1) is 7.75. The Labute approximate surface area is 102 Å². The quantitative estimate of drug-likeness (QED) is 0.817. The van der Waals surface area contributed by atoms with Crippen LogP contribution in [0.4, 0.5) is 4.39 Å². The van der Waals surface area contributed by atoms with E-state index in [1.54, 1.807) is 38.2 Å². The molecule has 0 fully saturated rings. The van der Waals surface area contributed by atoms with Gasteiger partial charge >= 0.3 is 0 Å². The first-order valence-electron chi connectivity index (χ1n) is 5.50. The van der Waals surface area contributed by atoms with E-state index in [9.17, 15) is 9.18 Å². The van der Waals surface area contributed by atoms with Gasteiger partial charge in [-0.3, -0.25) is 10.2 Å². The number of benzene rings is 1. The predicted molar refractivity (Wildman–Crippen MR) is 66.0 cm³/mol. The number of carbonyl (C=O) groups excluding carboxylic acids is 1. The van der Waals surface area contributed by atoms with Crippen LogP contribution in [0.3, 0.4) is 0 Å². The molecule has 1 aromatic carbocycles. The number of hydrogen-bond donors (Lipinski definition) is 1. The molecule has 1 rings (SSSR count). The van der Waals surface area contributed by atoms with Gasteiger partial charge in [0.2, 0.25) is 5.91 Å². The molecule has 0 atom stereocenters. The number of halogens is 1. The Kier molecular flexibility index (Phi) is 3.88. The molecule has 0 aliphatic rings. The maximum atomic E-state index is 13.2. The molecule has 3 nitrogen and oxygen atoms in total. The summed E-state index contributed by atoms with van der Waals surface area (Å²) in [6, 6.07) is 4.76. The number of aryl methyl sites for hydroxylation is 1. The van der Waals surface area contributed by atoms with Gasteiger partial charge in [-0.05, 0) is 38.0 Å². The molecule has 0 saturated carbocycles. The van der Waals surface area contributed by atoms with Gasteiger partial charge in [-0.25, -0.2) is 9.40 Å². The molecule has 17 heavy (non-hydrogen) atoms. The normalized spacial score (nSPS) is 11.7. The summed E-state index contributed by atoms with van der Waals surface area (Å²) in [5.74, 6) is -0.369. The number of hydrazine groups is 1. The zero-order valence-electron chi connectivity index (χ0n) is 11.0. The topological polar surface area (TPSA) is 32.3 Å². The van der Waals surface area contributed by atoms with Crippen LogP contribution in [0, 0.1) is 12.7 Å². The van der Waals surface area contributed by atoms with Gasteiger partial charge in [-0.15, -0.1) is 0 Å². The number of hydrogen-bond acceptors (Lipinski definition) is 2. The van der Waals surface area contributed by atoms with Crippen LogP contribution in [0.15, 0.2) is 18.2 Å². The molecule has 0 spiro atoms. The van der Waals surface area contributed by atoms with E-state index in [-0.39, 0.29) is 11.7 Å². The maximum absolute atomic E-state index is 13.2. The van der Waals surface area contributed by atoms with Crippen molar-refractivity contribution >= 4 is 5.91 Å². The molecule has 94 valence electrons. The predicted octanol–water partition coefficient (Wildman–Crippen LogP) is 2.00. The number of nitrogens with one attached hydrogen (secondary N) is 1. The minimum absolute atomic E-state index is 0.117. The van der Waals surface area contributed by atoms with Crippen LogP contribution in [0.1, 0.15) is 25.0 Å². The lowest BCUT2D eigenvalue weighted by Crippen LogP contribution is -2.46. The average molecular weight is 238 g/mol. The van der Waals surface area contributed by atoms with Crippen molar-refractivity contribution in [2.45, 2.75) is 26.2 Å². The fraction of sp³-hybridized carbons (Fsp3) is 0.462. The summed E-state index contributed by atoms with van der Waals surface area (Å²) in [5, 5.41) is 1.60. The van der Waals surface area contributed by atoms with Crippen LogP contribution in [0.25, 0.3) is 0 Å². The Morgan fingerprint density at radius 1 is 1.35 bits per heavy atom. The molecule has 0 radical (unpaired) electrons. The first-order valence-corrected chi connectivity index (χ1v) is 5.50. The van der Waals surface area contributed by atoms with Crippen molar-refractivity contribution in [3.63, 3.8) is 0 Å². The Morgan fingerprint density at radius 3 is 2.41 bits per heavy atom. The maximum Gasteiger partial charge on any atom is 0.244 e. The highest BCUT2D eigenvalue weighted by molar-refractivity contribution is 5.86. The monoisotopic (exact) mass is 238 g/mol. The zero-order chi connectivity index (χ0) is 13.2. The van der Waals surface area contributed by atoms with Crippen molar-refractivity contribution in [1.29, 1.82) is 0 Å². The fourth-order valence-corrected chi connectivity index (χ4v) is 1.51. The minimum atomic E-state index is -0.692. The summed E-state index contributed by atoms with van der Waals surface area (Å²) in [7, 11) is 3.51. The van der Waals surface area contributed by atoms with Crippen molar-refractivity contribution in [2.24, 2.45) is 0 Å². The van der Waals surface area contributed by atoms with Crippen LogP contribution >= 0.6 is 0 Å². The SMILES string of the molecule is Cc1cc(C(C)(C)C(=O)NN(C)C)ccc1F. The Balaban J connectivity index is 3.03. The summed E-state index contributed by atoms with van der Waals surface area (Å²) in [6.07, 6.45) is 0. The standard InChI is InChI=1S/C13H19FN2O/c1-9-8-10(6-7-11(9)14)13(2,3)12(17)15-16(4)5/h6-8H,1-5H3,(H,15,17). The van der Waals surface area contributed by atoms with Gasteiger partial charge in [-0.1, -0.05) is 12.1 Å². The largest absolute Gasteiger partial charge is 0.289 e. The molecular weight excluding hydrogens is 219 g/mol. The lowest BCUT2D eigenvalue weighted by molar-refractivity contribution is -0.129. The molecular formula is C13H19FN2O. The van der Waals surface area contributed by atoms with Crippen molar-refractivity contribution in [1.82, 2.24) is 10.4 Å². The molecule has 0 bridgehead atoms. The average Bonchev–Trinajstić information content (AvgIpc) is 2.20. The van der Waals surface area contributed by atoms with Crippen molar-refractivity contribution < 1.29 is 9.18 Å². The molecule has 1 N–H and O–H groups in total. The highest BCUT2D eigenvalue weighted by Gasteiger charge is 2.30. The third-order valence-electron chi connectivity index (χ3n) is 2.77. The van der Waals surface area contributed by atoms with Gasteiger partial charge in [-0.2, -0.15) is 0 Å². The second-order valence-electron chi connectivity index (χ2n) is 4.92. The zero-order valence-corrected chi connectivity index (χ0v) is 11.0. The minimum Gasteiger partial charge on any atom is -0.289 e. The van der Waals surface area contributed by atoms with E-state index in [1.165, 1.54) is 6.07 Å². The van der Waals surface area contributed by atoms with Crippen LogP contribution in [0.2, 0.25) is 0 Å². The third kappa shape index (κ3) is 3.03. The van der Waals surface area contributed by atoms with Gasteiger partial charge in [0.05, 0.1) is 5.41 Å². The Morgan fingerprint density at radius 2 is 1.94 bits per heavy atom. The molecule has 0 aliphatic carbocycles. The number of carbonyl (C=O) groups is 1. The molecule has 4 heteroatoms. The molecule has 0 aromatic heterocycles. The highest BCUT2D eigenvalue weighted by Crippen LogP contribution is 2.25. The number of rotatable bonds is 3. The fourth-order valence-electron chi connectivity index (χ4n) is 1.51. The van der Waals surface area contributed by atoms with Crippen LogP contribution < -0.4 is 5.43 Å². The molecule has 0 saturated heterocycles. The Bertz CT molecular complexity index is 427. The second-order valence-corrected chi connectivity index (χ2v) is 4.92. The van der Waals surface area contributed by atoms with E-state index in [2.05, 4.69) is 5.43 Å². The first kappa shape index (κ1) is 13.6. The number of nitrogens with zero attached hydrogens (tertiary/aromatic N) is 1. The van der Waals surface area contributed by atoms with E-state index >= 15 is 0 Å². The smallest absolute Gasteiger partial charge is 0.244 e. The summed E-state index contributed by atoms with van der Waals surface area (Å²) < 4.78 is 13.2. The van der Waals surface area contributed by atoms with Crippen LogP contribution in [-0.2, 0) is 10.2 Å². The second kappa shape index (κ2) is 4.84. The summed E-state index contributed by atoms with van der Waals surface area (Å²) in [4.78, 5) is 12.0. The third-order valence-corrected chi connectivity index (χ3v) is 2.77. The van der Waals surface area contributed by atoms with E-state index in [0.29, 0.717) is 5.56 Å². The van der Waals surface area contributed by atoms with Gasteiger partial charge in [0.25, 0.3) is 0 Å². The van der Waals surface area contributed by atoms with Crippen molar-refractivity contribution in [2.75, 3.05) is 14.1 Å². The molecule has 0 heterocycles. The molecule has 0 unspecified atom stereocenters. The van der Waals surface area contributed by atoms with Crippen molar-refractivity contribution in [3.8, 4) is 0 Å². The van der Waals surface area contributed by atoms with Gasteiger partial charge in [0.1, 0.15) is 5.82 Å². The summed E-state index contributed by atoms with van der Waals surface area (Å²) in [6.45, 7) is 5.33. The summed E-state index contributed by atoms with van der Waals surface area (Å²) in [5.41, 5.74) is 3.38. The van der Waals surface area contributed by atoms with E-state index in [0.717, 1.165) is 5.56 Å². The van der Waals surface area contributed by atoms with E-state index < -0.39 is 5.41 Å². The number of amides is 1. The highest BCUT2D eigenvalue weighted by atomic mass is 19.1. The molecule has 1 aromatic rings. The van der Waals surface area contributed by atoms with Gasteiger partial charge in [0.15, 0.2) is 0 Å². The molecule has 1 amide bonds. The van der Waals surface area contributed by atoms with Crippen molar-refractivity contribution in [3.05, 3.63) is 35.1 Å².